The number of nitrogens with one attached hydrogen (secondary N) is 1. The summed E-state index contributed by atoms with van der Waals surface area (Å²) in [7, 11) is -4.17. The number of aromatic nitrogens is 3. The van der Waals surface area contributed by atoms with Crippen molar-refractivity contribution in [1.82, 2.24) is 19.5 Å². The van der Waals surface area contributed by atoms with Gasteiger partial charge in [-0.2, -0.15) is 13.5 Å². The maximum Gasteiger partial charge on any atom is 0.283 e. The van der Waals surface area contributed by atoms with Gasteiger partial charge in [0.15, 0.2) is 5.03 Å². The van der Waals surface area contributed by atoms with Gasteiger partial charge in [0.05, 0.1) is 11.6 Å². The van der Waals surface area contributed by atoms with E-state index in [0.717, 1.165) is 37.9 Å². The lowest BCUT2D eigenvalue weighted by Crippen LogP contribution is -2.41. The van der Waals surface area contributed by atoms with Crippen LogP contribution in [0.3, 0.4) is 0 Å². The number of hydrogen-bond donors (Lipinski definition) is 1. The Morgan fingerprint density at radius 1 is 1.05 bits per heavy atom. The summed E-state index contributed by atoms with van der Waals surface area (Å²) in [5.41, 5.74) is 1.82. The van der Waals surface area contributed by atoms with Crippen molar-refractivity contribution in [1.29, 1.82) is 0 Å². The zero-order valence-corrected chi connectivity index (χ0v) is 23.6. The van der Waals surface area contributed by atoms with Crippen LogP contribution in [0.25, 0.3) is 0 Å². The lowest BCUT2D eigenvalue weighted by molar-refractivity contribution is 0.0981. The molecule has 1 fully saturated rings. The second kappa shape index (κ2) is 9.52. The van der Waals surface area contributed by atoms with E-state index in [1.807, 2.05) is 24.3 Å². The van der Waals surface area contributed by atoms with Crippen LogP contribution in [0.1, 0.15) is 81.5 Å². The van der Waals surface area contributed by atoms with Crippen molar-refractivity contribution in [2.75, 3.05) is 11.4 Å². The number of benzene rings is 1. The summed E-state index contributed by atoms with van der Waals surface area (Å²) < 4.78 is 30.5. The highest BCUT2D eigenvalue weighted by atomic mass is 32.2. The normalized spacial score (nSPS) is 22.9. The van der Waals surface area contributed by atoms with Gasteiger partial charge in [0.2, 0.25) is 0 Å². The third kappa shape index (κ3) is 5.21. The molecule has 2 atom stereocenters. The van der Waals surface area contributed by atoms with Crippen LogP contribution in [0, 0.1) is 5.92 Å². The standard InChI is InChI=1S/C29H37N5O3S/c1-28(2,3)24-14-13-23-26(30-24)33-19-21(18-29(33,4)5)11-12-22(17-20-9-7-6-8-10-20)34-16-15-25(31-34)38(36,37)32-27(23)35/h6-10,13-16,21-22H,11-12,17-19H2,1-5H3,(H,32,35)/t21-,22?/m0/s1. The Morgan fingerprint density at radius 3 is 2.50 bits per heavy atom. The average Bonchev–Trinajstić information content (AvgIpc) is 3.45. The molecule has 8 nitrogen and oxygen atoms in total. The Bertz CT molecular complexity index is 1440. The molecule has 2 aromatic heterocycles. The molecule has 202 valence electrons. The topological polar surface area (TPSA) is 97.2 Å². The van der Waals surface area contributed by atoms with Gasteiger partial charge in [-0.05, 0) is 69.2 Å². The molecule has 2 aliphatic heterocycles. The molecule has 1 N–H and O–H groups in total. The summed E-state index contributed by atoms with van der Waals surface area (Å²) in [5.74, 6) is 0.252. The minimum Gasteiger partial charge on any atom is -0.351 e. The largest absolute Gasteiger partial charge is 0.351 e. The number of nitrogens with zero attached hydrogens (tertiary/aromatic N) is 4. The van der Waals surface area contributed by atoms with Crippen molar-refractivity contribution in [2.45, 2.75) is 82.3 Å². The third-order valence-corrected chi connectivity index (χ3v) is 9.01. The predicted molar refractivity (Wildman–Crippen MR) is 148 cm³/mol. The Labute approximate surface area is 225 Å². The number of sulfonamides is 1. The highest BCUT2D eigenvalue weighted by Crippen LogP contribution is 2.41. The quantitative estimate of drug-likeness (QED) is 0.503. The highest BCUT2D eigenvalue weighted by Gasteiger charge is 2.41. The van der Waals surface area contributed by atoms with E-state index < -0.39 is 15.9 Å². The van der Waals surface area contributed by atoms with E-state index in [1.165, 1.54) is 11.6 Å². The molecule has 4 heterocycles. The molecule has 1 unspecified atom stereocenters. The minimum atomic E-state index is -4.17. The van der Waals surface area contributed by atoms with Gasteiger partial charge in [-0.15, -0.1) is 0 Å². The first-order chi connectivity index (χ1) is 17.8. The van der Waals surface area contributed by atoms with Crippen LogP contribution in [0.4, 0.5) is 5.82 Å². The van der Waals surface area contributed by atoms with Crippen LogP contribution in [-0.4, -0.2) is 41.2 Å². The van der Waals surface area contributed by atoms with Gasteiger partial charge in [0.25, 0.3) is 15.9 Å². The van der Waals surface area contributed by atoms with Crippen LogP contribution in [0.15, 0.2) is 59.8 Å². The summed E-state index contributed by atoms with van der Waals surface area (Å²) in [5, 5.41) is 4.28. The average molecular weight is 536 g/mol. The van der Waals surface area contributed by atoms with E-state index in [9.17, 15) is 13.2 Å². The Morgan fingerprint density at radius 2 is 1.79 bits per heavy atom. The zero-order valence-electron chi connectivity index (χ0n) is 22.8. The number of anilines is 1. The number of carbonyl (C=O) groups is 1. The predicted octanol–water partition coefficient (Wildman–Crippen LogP) is 4.88. The fraction of sp³-hybridized carbons (Fsp3) is 0.483. The van der Waals surface area contributed by atoms with Crippen molar-refractivity contribution < 1.29 is 13.2 Å². The van der Waals surface area contributed by atoms with E-state index in [-0.39, 0.29) is 27.6 Å². The molecule has 0 spiro atoms. The smallest absolute Gasteiger partial charge is 0.283 e. The minimum absolute atomic E-state index is 0.00458. The molecule has 3 aromatic rings. The summed E-state index contributed by atoms with van der Waals surface area (Å²) >= 11 is 0. The fourth-order valence-electron chi connectivity index (χ4n) is 5.74. The van der Waals surface area contributed by atoms with Crippen molar-refractivity contribution >= 4 is 21.7 Å². The van der Waals surface area contributed by atoms with E-state index >= 15 is 0 Å². The van der Waals surface area contributed by atoms with Gasteiger partial charge in [0, 0.05) is 29.4 Å². The highest BCUT2D eigenvalue weighted by molar-refractivity contribution is 7.90. The molecule has 1 amide bonds. The Balaban J connectivity index is 1.59. The first-order valence-electron chi connectivity index (χ1n) is 13.3. The first kappa shape index (κ1) is 26.4. The van der Waals surface area contributed by atoms with Crippen molar-refractivity contribution in [3.8, 4) is 0 Å². The Hall–Kier alpha value is -3.20. The molecule has 38 heavy (non-hydrogen) atoms. The maximum atomic E-state index is 13.5. The van der Waals surface area contributed by atoms with Crippen LogP contribution in [-0.2, 0) is 21.9 Å². The van der Waals surface area contributed by atoms with E-state index in [1.54, 1.807) is 16.9 Å². The molecular weight excluding hydrogens is 498 g/mol. The van der Waals surface area contributed by atoms with E-state index in [0.29, 0.717) is 11.7 Å². The lowest BCUT2D eigenvalue weighted by Gasteiger charge is -2.34. The van der Waals surface area contributed by atoms with Gasteiger partial charge in [0.1, 0.15) is 5.82 Å². The van der Waals surface area contributed by atoms with Gasteiger partial charge >= 0.3 is 0 Å². The molecule has 1 saturated heterocycles. The van der Waals surface area contributed by atoms with Crippen LogP contribution >= 0.6 is 0 Å². The number of fused-ring (bicyclic) bond motifs is 6. The van der Waals surface area contributed by atoms with Crippen LogP contribution < -0.4 is 9.62 Å². The molecule has 0 saturated carbocycles. The number of hydrogen-bond acceptors (Lipinski definition) is 6. The van der Waals surface area contributed by atoms with E-state index in [2.05, 4.69) is 61.5 Å². The van der Waals surface area contributed by atoms with Gasteiger partial charge < -0.3 is 4.90 Å². The molecule has 4 bridgehead atoms. The molecular formula is C29H37N5O3S. The molecule has 1 aromatic carbocycles. The zero-order chi connectivity index (χ0) is 27.3. The maximum absolute atomic E-state index is 13.5. The monoisotopic (exact) mass is 535 g/mol. The summed E-state index contributed by atoms with van der Waals surface area (Å²) in [6.07, 6.45) is 5.23. The molecule has 5 rings (SSSR count). The van der Waals surface area contributed by atoms with Gasteiger partial charge in [-0.3, -0.25) is 9.48 Å². The van der Waals surface area contributed by atoms with Crippen LogP contribution in [0.5, 0.6) is 0 Å². The van der Waals surface area contributed by atoms with Crippen molar-refractivity contribution in [3.05, 3.63) is 71.5 Å². The molecule has 9 heteroatoms. The molecule has 0 aliphatic carbocycles. The van der Waals surface area contributed by atoms with Gasteiger partial charge in [-0.1, -0.05) is 51.1 Å². The molecule has 2 aliphatic rings. The van der Waals surface area contributed by atoms with Crippen molar-refractivity contribution in [2.24, 2.45) is 5.92 Å². The lowest BCUT2D eigenvalue weighted by atomic mass is 9.90. The number of rotatable bonds is 2. The van der Waals surface area contributed by atoms with E-state index in [4.69, 9.17) is 4.98 Å². The summed E-state index contributed by atoms with van der Waals surface area (Å²) in [6.45, 7) is 11.3. The Kier molecular flexibility index (Phi) is 6.62. The van der Waals surface area contributed by atoms with Crippen LogP contribution in [0.2, 0.25) is 0 Å². The van der Waals surface area contributed by atoms with Crippen molar-refractivity contribution in [3.63, 3.8) is 0 Å². The van der Waals surface area contributed by atoms with Gasteiger partial charge in [-0.25, -0.2) is 9.71 Å². The third-order valence-electron chi connectivity index (χ3n) is 7.79. The fourth-order valence-corrected chi connectivity index (χ4v) is 6.64. The number of amides is 1. The summed E-state index contributed by atoms with van der Waals surface area (Å²) in [4.78, 5) is 20.6. The number of carbonyl (C=O) groups excluding carboxylic acids is 1. The SMILES string of the molecule is CC(C)(C)c1ccc2c(n1)N1C[C@@H](CCC(Cc3ccccc3)n3ccc(n3)S(=O)(=O)NC2=O)CC1(C)C. The first-order valence-corrected chi connectivity index (χ1v) is 14.8. The second-order valence-electron chi connectivity index (χ2n) is 12.3. The second-order valence-corrected chi connectivity index (χ2v) is 13.9. The number of pyridine rings is 1. The molecule has 0 radical (unpaired) electrons. The summed E-state index contributed by atoms with van der Waals surface area (Å²) in [6, 6.07) is 15.2.